The minimum atomic E-state index is -4.95. The highest BCUT2D eigenvalue weighted by atomic mass is 31.2. The van der Waals surface area contributed by atoms with Crippen LogP contribution in [0.15, 0.2) is 0 Å². The molecule has 0 spiro atoms. The van der Waals surface area contributed by atoms with Gasteiger partial charge in [-0.15, -0.1) is 0 Å². The van der Waals surface area contributed by atoms with Crippen molar-refractivity contribution in [2.24, 2.45) is 11.8 Å². The molecule has 5 atom stereocenters. The van der Waals surface area contributed by atoms with Gasteiger partial charge in [0.05, 0.1) is 26.4 Å². The second-order valence-corrected chi connectivity index (χ2v) is 30.5. The second-order valence-electron chi connectivity index (χ2n) is 27.6. The molecule has 0 fully saturated rings. The summed E-state index contributed by atoms with van der Waals surface area (Å²) < 4.78 is 68.3. The standard InChI is InChI=1S/C74H144O17P2/c1-7-9-11-13-15-16-17-28-34-40-46-52-58-73(78)90-69(62-84-71(76)56-50-44-36-14-12-10-8-2)64-88-92(80,81)86-60-68(75)61-87-93(82,83)89-65-70(91-74(79)59-53-47-41-35-30-25-21-19-23-27-32-38-43-49-55-67(5)6)63-85-72(77)57-51-45-39-33-29-24-20-18-22-26-31-37-42-48-54-66(3)4/h66-70,75H,7-65H2,1-6H3,(H,80,81)(H,82,83)/t68-,69+,70+/m0/s1. The molecule has 17 nitrogen and oxygen atoms in total. The van der Waals surface area contributed by atoms with E-state index in [1.807, 2.05) is 0 Å². The van der Waals surface area contributed by atoms with Crippen LogP contribution < -0.4 is 0 Å². The second kappa shape index (κ2) is 66.0. The topological polar surface area (TPSA) is 237 Å². The zero-order valence-electron chi connectivity index (χ0n) is 60.6. The quantitative estimate of drug-likeness (QED) is 0.0222. The van der Waals surface area contributed by atoms with Gasteiger partial charge in [-0.25, -0.2) is 9.13 Å². The van der Waals surface area contributed by atoms with Crippen LogP contribution in [0.3, 0.4) is 0 Å². The predicted octanol–water partition coefficient (Wildman–Crippen LogP) is 21.6. The van der Waals surface area contributed by atoms with Crippen molar-refractivity contribution in [3.8, 4) is 0 Å². The van der Waals surface area contributed by atoms with Crippen molar-refractivity contribution in [1.29, 1.82) is 0 Å². The van der Waals surface area contributed by atoms with E-state index in [2.05, 4.69) is 41.5 Å². The molecule has 0 aliphatic carbocycles. The summed E-state index contributed by atoms with van der Waals surface area (Å²) in [5, 5.41) is 10.6. The minimum Gasteiger partial charge on any atom is -0.462 e. The summed E-state index contributed by atoms with van der Waals surface area (Å²) in [6, 6.07) is 0. The van der Waals surface area contributed by atoms with Crippen LogP contribution in [0.5, 0.6) is 0 Å². The van der Waals surface area contributed by atoms with Crippen molar-refractivity contribution in [3.05, 3.63) is 0 Å². The van der Waals surface area contributed by atoms with Crippen LogP contribution in [0, 0.1) is 11.8 Å². The van der Waals surface area contributed by atoms with E-state index in [-0.39, 0.29) is 25.7 Å². The first-order valence-electron chi connectivity index (χ1n) is 38.5. The summed E-state index contributed by atoms with van der Waals surface area (Å²) in [6.07, 6.45) is 52.8. The van der Waals surface area contributed by atoms with Crippen molar-refractivity contribution in [2.75, 3.05) is 39.6 Å². The van der Waals surface area contributed by atoms with Crippen LogP contribution in [-0.2, 0) is 65.4 Å². The summed E-state index contributed by atoms with van der Waals surface area (Å²) in [6.45, 7) is 9.59. The molecule has 0 aromatic heterocycles. The maximum atomic E-state index is 13.1. The molecule has 0 rings (SSSR count). The fourth-order valence-electron chi connectivity index (χ4n) is 11.3. The number of carbonyl (C=O) groups excluding carboxylic acids is 4. The number of aliphatic hydroxyl groups is 1. The number of carbonyl (C=O) groups is 4. The number of hydrogen-bond donors (Lipinski definition) is 3. The number of hydrogen-bond acceptors (Lipinski definition) is 15. The van der Waals surface area contributed by atoms with Gasteiger partial charge in [0.15, 0.2) is 12.2 Å². The third-order valence-corrected chi connectivity index (χ3v) is 19.1. The van der Waals surface area contributed by atoms with E-state index in [0.29, 0.717) is 25.7 Å². The summed E-state index contributed by atoms with van der Waals surface area (Å²) in [5.74, 6) is -0.527. The fraction of sp³-hybridized carbons (Fsp3) is 0.946. The summed E-state index contributed by atoms with van der Waals surface area (Å²) in [7, 11) is -9.90. The Morgan fingerprint density at radius 2 is 0.495 bits per heavy atom. The molecule has 0 bridgehead atoms. The van der Waals surface area contributed by atoms with Crippen LogP contribution in [-0.4, -0.2) is 96.7 Å². The van der Waals surface area contributed by atoms with Gasteiger partial charge < -0.3 is 33.8 Å². The first-order chi connectivity index (χ1) is 44.9. The molecule has 0 saturated heterocycles. The number of unbranched alkanes of at least 4 members (excludes halogenated alkanes) is 43. The highest BCUT2D eigenvalue weighted by molar-refractivity contribution is 7.47. The lowest BCUT2D eigenvalue weighted by molar-refractivity contribution is -0.161. The molecule has 552 valence electrons. The Kier molecular flexibility index (Phi) is 64.6. The number of phosphoric acid groups is 2. The smallest absolute Gasteiger partial charge is 0.462 e. The maximum Gasteiger partial charge on any atom is 0.472 e. The van der Waals surface area contributed by atoms with Gasteiger partial charge >= 0.3 is 39.5 Å². The molecule has 0 aromatic carbocycles. The van der Waals surface area contributed by atoms with Crippen LogP contribution in [0.25, 0.3) is 0 Å². The molecular formula is C74H144O17P2. The lowest BCUT2D eigenvalue weighted by Gasteiger charge is -2.21. The SMILES string of the molecule is CCCCCCCCCCCCCCC(=O)O[C@H](COC(=O)CCCCCCCCC)COP(=O)(O)OC[C@H](O)COP(=O)(O)OC[C@@H](COC(=O)CCCCCCCCCCCCCCCCC(C)C)OC(=O)CCCCCCCCCCCCCCCCC(C)C. The Bertz CT molecular complexity index is 1800. The third-order valence-electron chi connectivity index (χ3n) is 17.2. The largest absolute Gasteiger partial charge is 0.472 e. The first kappa shape index (κ1) is 91.1. The van der Waals surface area contributed by atoms with Crippen molar-refractivity contribution in [3.63, 3.8) is 0 Å². The van der Waals surface area contributed by atoms with Crippen molar-refractivity contribution >= 4 is 39.5 Å². The van der Waals surface area contributed by atoms with E-state index < -0.39 is 97.5 Å². The van der Waals surface area contributed by atoms with Gasteiger partial charge in [-0.3, -0.25) is 37.3 Å². The van der Waals surface area contributed by atoms with Crippen LogP contribution in [0.1, 0.15) is 382 Å². The van der Waals surface area contributed by atoms with E-state index in [1.54, 1.807) is 0 Å². The molecule has 2 unspecified atom stereocenters. The fourth-order valence-corrected chi connectivity index (χ4v) is 12.9. The monoisotopic (exact) mass is 1370 g/mol. The van der Waals surface area contributed by atoms with Gasteiger partial charge in [-0.2, -0.15) is 0 Å². The van der Waals surface area contributed by atoms with E-state index in [0.717, 1.165) is 115 Å². The lowest BCUT2D eigenvalue weighted by Crippen LogP contribution is -2.30. The van der Waals surface area contributed by atoms with Crippen LogP contribution >= 0.6 is 15.6 Å². The summed E-state index contributed by atoms with van der Waals surface area (Å²) in [5.41, 5.74) is 0. The molecule has 0 aliphatic heterocycles. The summed E-state index contributed by atoms with van der Waals surface area (Å²) in [4.78, 5) is 72.6. The minimum absolute atomic E-state index is 0.107. The molecule has 19 heteroatoms. The molecule has 0 aliphatic rings. The molecule has 0 amide bonds. The van der Waals surface area contributed by atoms with Crippen molar-refractivity contribution in [2.45, 2.75) is 400 Å². The molecule has 0 radical (unpaired) electrons. The Balaban J connectivity index is 5.19. The molecule has 0 saturated carbocycles. The van der Waals surface area contributed by atoms with E-state index in [4.69, 9.17) is 37.0 Å². The van der Waals surface area contributed by atoms with E-state index in [1.165, 1.54) is 186 Å². The van der Waals surface area contributed by atoms with Crippen LogP contribution in [0.4, 0.5) is 0 Å². The zero-order chi connectivity index (χ0) is 68.6. The van der Waals surface area contributed by atoms with Crippen molar-refractivity contribution < 1.29 is 80.2 Å². The highest BCUT2D eigenvalue weighted by Crippen LogP contribution is 2.45. The molecular weight excluding hydrogens is 1220 g/mol. The molecule has 3 N–H and O–H groups in total. The Labute approximate surface area is 568 Å². The zero-order valence-corrected chi connectivity index (χ0v) is 62.3. The average molecular weight is 1370 g/mol. The Hall–Kier alpha value is -1.94. The van der Waals surface area contributed by atoms with Crippen molar-refractivity contribution in [1.82, 2.24) is 0 Å². The third kappa shape index (κ3) is 68.4. The maximum absolute atomic E-state index is 13.1. The van der Waals surface area contributed by atoms with Gasteiger partial charge in [-0.1, -0.05) is 330 Å². The first-order valence-corrected chi connectivity index (χ1v) is 41.5. The molecule has 93 heavy (non-hydrogen) atoms. The van der Waals surface area contributed by atoms with Gasteiger partial charge in [-0.05, 0) is 37.5 Å². The predicted molar refractivity (Wildman–Crippen MR) is 377 cm³/mol. The van der Waals surface area contributed by atoms with E-state index >= 15 is 0 Å². The molecule has 0 aromatic rings. The number of aliphatic hydroxyl groups excluding tert-OH is 1. The van der Waals surface area contributed by atoms with Gasteiger partial charge in [0, 0.05) is 25.7 Å². The number of esters is 4. The summed E-state index contributed by atoms with van der Waals surface area (Å²) >= 11 is 0. The van der Waals surface area contributed by atoms with Gasteiger partial charge in [0.1, 0.15) is 19.3 Å². The number of phosphoric ester groups is 2. The lowest BCUT2D eigenvalue weighted by atomic mass is 10.0. The average Bonchev–Trinajstić information content (AvgIpc) is 3.35. The Morgan fingerprint density at radius 1 is 0.290 bits per heavy atom. The molecule has 0 heterocycles. The number of rotatable bonds is 73. The van der Waals surface area contributed by atoms with Gasteiger partial charge in [0.25, 0.3) is 0 Å². The Morgan fingerprint density at radius 3 is 0.731 bits per heavy atom. The normalized spacial score (nSPS) is 14.1. The number of ether oxygens (including phenoxy) is 4. The highest BCUT2D eigenvalue weighted by Gasteiger charge is 2.30. The van der Waals surface area contributed by atoms with Crippen LogP contribution in [0.2, 0.25) is 0 Å². The van der Waals surface area contributed by atoms with E-state index in [9.17, 15) is 43.2 Å². The van der Waals surface area contributed by atoms with Gasteiger partial charge in [0.2, 0.25) is 0 Å².